The maximum absolute atomic E-state index is 11.1. The number of aliphatic hydroxyl groups is 1. The Kier molecular flexibility index (Phi) is 17.7. The molecule has 9 nitrogen and oxygen atoms in total. The van der Waals surface area contributed by atoms with E-state index in [1.54, 1.807) is 20.8 Å². The van der Waals surface area contributed by atoms with E-state index in [0.29, 0.717) is 19.4 Å². The summed E-state index contributed by atoms with van der Waals surface area (Å²) in [5, 5.41) is 26.1. The topological polar surface area (TPSA) is 117 Å². The van der Waals surface area contributed by atoms with E-state index >= 15 is 0 Å². The number of morpholine rings is 1. The van der Waals surface area contributed by atoms with Crippen molar-refractivity contribution in [1.82, 2.24) is 20.4 Å². The van der Waals surface area contributed by atoms with Crippen molar-refractivity contribution in [2.75, 3.05) is 51.8 Å². The molecule has 3 fully saturated rings. The predicted octanol–water partition coefficient (Wildman–Crippen LogP) is -0.315. The van der Waals surface area contributed by atoms with Crippen molar-refractivity contribution in [3.05, 3.63) is 71.8 Å². The Morgan fingerprint density at radius 2 is 1.38 bits per heavy atom. The van der Waals surface area contributed by atoms with Gasteiger partial charge in [-0.25, -0.2) is 0 Å². The number of amides is 2. The number of likely N-dealkylation sites (tertiary alicyclic amines) is 2. The van der Waals surface area contributed by atoms with Crippen LogP contribution in [-0.2, 0) is 27.4 Å². The first-order chi connectivity index (χ1) is 20.9. The van der Waals surface area contributed by atoms with Crippen LogP contribution >= 0.6 is 11.6 Å². The van der Waals surface area contributed by atoms with Gasteiger partial charge in [-0.2, -0.15) is 0 Å². The minimum atomic E-state index is -0.797. The number of rotatable bonds is 7. The van der Waals surface area contributed by atoms with Crippen LogP contribution in [0.25, 0.3) is 0 Å². The molecule has 0 atom stereocenters. The predicted molar refractivity (Wildman–Crippen MR) is 172 cm³/mol. The standard InChI is InChI=1S/C15H21ClN2O2.C15H20N2O2.C4H9O.K/c16-10-14(19)17-12-15(20)6-8-18(9-7-15)11-13-4-2-1-3-5-13;18-14-11-19-15(12-16-14)6-8-17(9-7-15)10-13-4-2-1-3-5-13;1-4(2,3)5;/h1-5,20H,6-12H2,(H,17,19);1-5H,6-12H2,(H,16,18);1-3H3;/q;;-1;+1. The van der Waals surface area contributed by atoms with E-state index in [0.717, 1.165) is 52.1 Å². The van der Waals surface area contributed by atoms with Gasteiger partial charge in [0.05, 0.1) is 11.2 Å². The van der Waals surface area contributed by atoms with E-state index in [9.17, 15) is 19.8 Å². The minimum Gasteiger partial charge on any atom is -0.850 e. The van der Waals surface area contributed by atoms with Crippen LogP contribution in [0.2, 0.25) is 0 Å². The molecule has 0 unspecified atom stereocenters. The van der Waals surface area contributed by atoms with Gasteiger partial charge in [-0.15, -0.1) is 17.2 Å². The van der Waals surface area contributed by atoms with Crippen molar-refractivity contribution in [3.8, 4) is 0 Å². The first-order valence-corrected chi connectivity index (χ1v) is 16.1. The van der Waals surface area contributed by atoms with Gasteiger partial charge in [-0.05, 0) is 36.8 Å². The largest absolute Gasteiger partial charge is 1.00 e. The molecule has 2 amide bonds. The molecule has 0 saturated carbocycles. The van der Waals surface area contributed by atoms with Crippen LogP contribution < -0.4 is 67.1 Å². The summed E-state index contributed by atoms with van der Waals surface area (Å²) in [6.45, 7) is 11.7. The van der Waals surface area contributed by atoms with E-state index in [1.165, 1.54) is 11.1 Å². The van der Waals surface area contributed by atoms with Crippen molar-refractivity contribution < 1.29 is 75.9 Å². The fourth-order valence-corrected chi connectivity index (χ4v) is 5.41. The van der Waals surface area contributed by atoms with Crippen LogP contribution in [0.1, 0.15) is 57.6 Å². The van der Waals surface area contributed by atoms with E-state index < -0.39 is 11.2 Å². The molecule has 0 radical (unpaired) electrons. The Hall–Kier alpha value is -0.894. The van der Waals surface area contributed by atoms with Gasteiger partial charge in [0, 0.05) is 52.4 Å². The van der Waals surface area contributed by atoms with Gasteiger partial charge < -0.3 is 25.6 Å². The minimum absolute atomic E-state index is 0. The maximum Gasteiger partial charge on any atom is 1.00 e. The van der Waals surface area contributed by atoms with Crippen molar-refractivity contribution in [3.63, 3.8) is 0 Å². The van der Waals surface area contributed by atoms with Crippen molar-refractivity contribution >= 4 is 23.4 Å². The smallest absolute Gasteiger partial charge is 0.850 e. The Balaban J connectivity index is 0.000000268. The van der Waals surface area contributed by atoms with Crippen LogP contribution in [0.3, 0.4) is 0 Å². The normalized spacial score (nSPS) is 19.5. The Labute approximate surface area is 316 Å². The number of hydrogen-bond donors (Lipinski definition) is 3. The molecule has 2 aromatic carbocycles. The third kappa shape index (κ3) is 16.2. The third-order valence-electron chi connectivity index (χ3n) is 7.91. The first kappa shape index (κ1) is 40.3. The number of halogens is 1. The van der Waals surface area contributed by atoms with Gasteiger partial charge in [0.25, 0.3) is 0 Å². The second kappa shape index (κ2) is 19.8. The molecule has 3 aliphatic heterocycles. The summed E-state index contributed by atoms with van der Waals surface area (Å²) in [5.74, 6) is -0.278. The molecule has 5 rings (SSSR count). The van der Waals surface area contributed by atoms with Gasteiger partial charge in [-0.1, -0.05) is 81.4 Å². The number of benzene rings is 2. The zero-order valence-electron chi connectivity index (χ0n) is 27.5. The second-order valence-corrected chi connectivity index (χ2v) is 13.3. The summed E-state index contributed by atoms with van der Waals surface area (Å²) in [6, 6.07) is 20.9. The van der Waals surface area contributed by atoms with Crippen molar-refractivity contribution in [2.24, 2.45) is 0 Å². The molecule has 45 heavy (non-hydrogen) atoms. The molecular weight excluding hydrogens is 619 g/mol. The number of carbonyl (C=O) groups is 2. The van der Waals surface area contributed by atoms with Gasteiger partial charge in [0.1, 0.15) is 12.5 Å². The summed E-state index contributed by atoms with van der Waals surface area (Å²) in [6.07, 6.45) is 3.34. The molecular formula is C34H50ClKN4O5. The zero-order chi connectivity index (χ0) is 32.1. The summed E-state index contributed by atoms with van der Waals surface area (Å²) in [4.78, 5) is 27.1. The molecule has 11 heteroatoms. The molecule has 3 N–H and O–H groups in total. The number of nitrogens with zero attached hydrogens (tertiary/aromatic N) is 2. The molecule has 3 heterocycles. The van der Waals surface area contributed by atoms with Crippen molar-refractivity contribution in [1.29, 1.82) is 0 Å². The average molecular weight is 669 g/mol. The monoisotopic (exact) mass is 668 g/mol. The third-order valence-corrected chi connectivity index (χ3v) is 8.15. The summed E-state index contributed by atoms with van der Waals surface area (Å²) in [7, 11) is 0. The summed E-state index contributed by atoms with van der Waals surface area (Å²) >= 11 is 5.43. The Bertz CT molecular complexity index is 1120. The number of hydrogen-bond acceptors (Lipinski definition) is 7. The summed E-state index contributed by atoms with van der Waals surface area (Å²) in [5.41, 5.74) is 0.986. The van der Waals surface area contributed by atoms with E-state index in [1.807, 2.05) is 24.3 Å². The molecule has 3 aliphatic rings. The van der Waals surface area contributed by atoms with Gasteiger partial charge >= 0.3 is 51.4 Å². The summed E-state index contributed by atoms with van der Waals surface area (Å²) < 4.78 is 5.78. The second-order valence-electron chi connectivity index (χ2n) is 13.0. The Morgan fingerprint density at radius 3 is 1.78 bits per heavy atom. The fraction of sp³-hybridized carbons (Fsp3) is 0.588. The molecule has 2 aromatic rings. The Morgan fingerprint density at radius 1 is 0.933 bits per heavy atom. The zero-order valence-corrected chi connectivity index (χ0v) is 31.4. The average Bonchev–Trinajstić information content (AvgIpc) is 3.01. The molecule has 3 saturated heterocycles. The number of ether oxygens (including phenoxy) is 1. The molecule has 1 spiro atoms. The van der Waals surface area contributed by atoms with E-state index in [-0.39, 0.29) is 87.8 Å². The van der Waals surface area contributed by atoms with Crippen LogP contribution in [0.4, 0.5) is 0 Å². The van der Waals surface area contributed by atoms with Crippen LogP contribution in [0, 0.1) is 0 Å². The van der Waals surface area contributed by atoms with Gasteiger partial charge in [0.15, 0.2) is 0 Å². The van der Waals surface area contributed by atoms with E-state index in [4.69, 9.17) is 16.3 Å². The number of carbonyl (C=O) groups excluding carboxylic acids is 2. The van der Waals surface area contributed by atoms with Crippen LogP contribution in [-0.4, -0.2) is 95.3 Å². The van der Waals surface area contributed by atoms with Crippen LogP contribution in [0.15, 0.2) is 60.7 Å². The first-order valence-electron chi connectivity index (χ1n) is 15.6. The molecule has 0 aliphatic carbocycles. The maximum atomic E-state index is 11.1. The molecule has 0 bridgehead atoms. The quantitative estimate of drug-likeness (QED) is 0.274. The van der Waals surface area contributed by atoms with E-state index in [2.05, 4.69) is 56.8 Å². The van der Waals surface area contributed by atoms with Crippen molar-refractivity contribution in [2.45, 2.75) is 76.3 Å². The van der Waals surface area contributed by atoms with Gasteiger partial charge in [-0.3, -0.25) is 19.4 Å². The molecule has 0 aromatic heterocycles. The number of nitrogens with one attached hydrogen (secondary N) is 2. The SMILES string of the molecule is CC(C)(C)[O-].O=C(CCl)NCC1(O)CCN(Cc2ccccc2)CC1.O=C1COC2(CCN(Cc3ccccc3)CC2)CN1.[K+]. The number of piperidine rings is 2. The van der Waals surface area contributed by atoms with Crippen LogP contribution in [0.5, 0.6) is 0 Å². The fourth-order valence-electron chi connectivity index (χ4n) is 5.32. The number of alkyl halides is 1. The molecule has 244 valence electrons. The van der Waals surface area contributed by atoms with Gasteiger partial charge in [0.2, 0.25) is 11.8 Å².